The zero-order valence-corrected chi connectivity index (χ0v) is 18.0. The van der Waals surface area contributed by atoms with Crippen molar-refractivity contribution in [1.82, 2.24) is 0 Å². The lowest BCUT2D eigenvalue weighted by Gasteiger charge is -2.22. The highest BCUT2D eigenvalue weighted by Gasteiger charge is 2.13. The molecule has 1 aliphatic rings. The molecule has 3 rings (SSSR count). The van der Waals surface area contributed by atoms with E-state index in [9.17, 15) is 0 Å². The molecule has 0 aromatic heterocycles. The van der Waals surface area contributed by atoms with Gasteiger partial charge >= 0.3 is 0 Å². The lowest BCUT2D eigenvalue weighted by Crippen LogP contribution is -2.24. The van der Waals surface area contributed by atoms with E-state index in [1.165, 1.54) is 6.42 Å². The Morgan fingerprint density at radius 2 is 1.79 bits per heavy atom. The van der Waals surface area contributed by atoms with Gasteiger partial charge in [0, 0.05) is 37.5 Å². The molecule has 0 saturated carbocycles. The van der Waals surface area contributed by atoms with Crippen molar-refractivity contribution in [3.8, 4) is 17.6 Å². The molecule has 0 bridgehead atoms. The van der Waals surface area contributed by atoms with Crippen LogP contribution in [0.25, 0.3) is 0 Å². The Morgan fingerprint density at radius 3 is 2.46 bits per heavy atom. The van der Waals surface area contributed by atoms with Crippen molar-refractivity contribution >= 4 is 21.6 Å². The average Bonchev–Trinajstić information content (AvgIpc) is 2.72. The summed E-state index contributed by atoms with van der Waals surface area (Å²) >= 11 is 3.56. The molecule has 1 unspecified atom stereocenters. The van der Waals surface area contributed by atoms with Gasteiger partial charge in [-0.05, 0) is 77.7 Å². The molecule has 0 N–H and O–H groups in total. The number of rotatable bonds is 6. The second-order valence-electron chi connectivity index (χ2n) is 6.85. The van der Waals surface area contributed by atoms with Crippen LogP contribution in [0.3, 0.4) is 0 Å². The third kappa shape index (κ3) is 6.27. The Hall–Kier alpha value is -2.00. The summed E-state index contributed by atoms with van der Waals surface area (Å²) in [6.07, 6.45) is 3.18. The van der Waals surface area contributed by atoms with Crippen LogP contribution in [0.2, 0.25) is 0 Å². The molecule has 1 heterocycles. The van der Waals surface area contributed by atoms with Crippen LogP contribution in [-0.4, -0.2) is 40.2 Å². The maximum Gasteiger partial charge on any atom is 0.157 e. The normalized spacial score (nSPS) is 16.2. The SMILES string of the molecule is CN(C)c1ccc(C#Cc2ccc(OCCOC3CCCCO3)c(Br)c2)cc1. The monoisotopic (exact) mass is 443 g/mol. The molecule has 5 heteroatoms. The lowest BCUT2D eigenvalue weighted by molar-refractivity contribution is -0.165. The fraction of sp³-hybridized carbons (Fsp3) is 0.391. The second-order valence-corrected chi connectivity index (χ2v) is 7.71. The van der Waals surface area contributed by atoms with E-state index < -0.39 is 0 Å². The highest BCUT2D eigenvalue weighted by molar-refractivity contribution is 9.10. The zero-order valence-electron chi connectivity index (χ0n) is 16.4. The van der Waals surface area contributed by atoms with Crippen molar-refractivity contribution < 1.29 is 14.2 Å². The summed E-state index contributed by atoms with van der Waals surface area (Å²) in [7, 11) is 4.05. The average molecular weight is 444 g/mol. The molecule has 28 heavy (non-hydrogen) atoms. The van der Waals surface area contributed by atoms with Crippen LogP contribution in [0.4, 0.5) is 5.69 Å². The maximum atomic E-state index is 5.80. The van der Waals surface area contributed by atoms with Gasteiger partial charge in [0.15, 0.2) is 6.29 Å². The Bertz CT molecular complexity index is 818. The highest BCUT2D eigenvalue weighted by atomic mass is 79.9. The quantitative estimate of drug-likeness (QED) is 0.472. The predicted molar refractivity (Wildman–Crippen MR) is 116 cm³/mol. The summed E-state index contributed by atoms with van der Waals surface area (Å²) in [6, 6.07) is 14.1. The van der Waals surface area contributed by atoms with Crippen molar-refractivity contribution in [2.24, 2.45) is 0 Å². The smallest absolute Gasteiger partial charge is 0.157 e. The number of hydrogen-bond acceptors (Lipinski definition) is 4. The minimum absolute atomic E-state index is 0.0785. The van der Waals surface area contributed by atoms with Crippen LogP contribution in [0.5, 0.6) is 5.75 Å². The number of benzene rings is 2. The van der Waals surface area contributed by atoms with E-state index in [4.69, 9.17) is 14.2 Å². The van der Waals surface area contributed by atoms with E-state index in [1.54, 1.807) is 0 Å². The third-order valence-electron chi connectivity index (χ3n) is 4.45. The van der Waals surface area contributed by atoms with Crippen molar-refractivity contribution in [1.29, 1.82) is 0 Å². The topological polar surface area (TPSA) is 30.9 Å². The van der Waals surface area contributed by atoms with Crippen LogP contribution in [-0.2, 0) is 9.47 Å². The molecule has 0 aliphatic carbocycles. The molecule has 0 amide bonds. The number of nitrogens with zero attached hydrogens (tertiary/aromatic N) is 1. The van der Waals surface area contributed by atoms with Gasteiger partial charge in [-0.25, -0.2) is 0 Å². The van der Waals surface area contributed by atoms with Gasteiger partial charge in [0.25, 0.3) is 0 Å². The van der Waals surface area contributed by atoms with Crippen molar-refractivity contribution in [2.75, 3.05) is 38.8 Å². The molecule has 2 aromatic rings. The van der Waals surface area contributed by atoms with Gasteiger partial charge in [0.2, 0.25) is 0 Å². The minimum Gasteiger partial charge on any atom is -0.490 e. The molecular weight excluding hydrogens is 418 g/mol. The third-order valence-corrected chi connectivity index (χ3v) is 5.07. The van der Waals surface area contributed by atoms with Crippen LogP contribution < -0.4 is 9.64 Å². The van der Waals surface area contributed by atoms with E-state index in [-0.39, 0.29) is 6.29 Å². The Labute approximate surface area is 175 Å². The largest absolute Gasteiger partial charge is 0.490 e. The Kier molecular flexibility index (Phi) is 7.79. The fourth-order valence-corrected chi connectivity index (χ4v) is 3.35. The van der Waals surface area contributed by atoms with E-state index >= 15 is 0 Å². The minimum atomic E-state index is -0.0785. The van der Waals surface area contributed by atoms with Crippen molar-refractivity contribution in [3.63, 3.8) is 0 Å². The van der Waals surface area contributed by atoms with Crippen molar-refractivity contribution in [3.05, 3.63) is 58.1 Å². The molecule has 1 aliphatic heterocycles. The molecule has 2 aromatic carbocycles. The maximum absolute atomic E-state index is 5.80. The van der Waals surface area contributed by atoms with Crippen molar-refractivity contribution in [2.45, 2.75) is 25.6 Å². The van der Waals surface area contributed by atoms with Crippen LogP contribution in [0, 0.1) is 11.8 Å². The van der Waals surface area contributed by atoms with E-state index in [0.717, 1.165) is 46.5 Å². The molecule has 0 spiro atoms. The fourth-order valence-electron chi connectivity index (χ4n) is 2.86. The van der Waals surface area contributed by atoms with E-state index in [0.29, 0.717) is 13.2 Å². The van der Waals surface area contributed by atoms with E-state index in [2.05, 4.69) is 44.8 Å². The second kappa shape index (κ2) is 10.5. The summed E-state index contributed by atoms with van der Waals surface area (Å²) in [4.78, 5) is 2.07. The zero-order chi connectivity index (χ0) is 19.8. The summed E-state index contributed by atoms with van der Waals surface area (Å²) in [5, 5.41) is 0. The molecule has 1 fully saturated rings. The van der Waals surface area contributed by atoms with Gasteiger partial charge in [0.05, 0.1) is 11.1 Å². The number of halogens is 1. The summed E-state index contributed by atoms with van der Waals surface area (Å²) in [5.41, 5.74) is 3.08. The lowest BCUT2D eigenvalue weighted by atomic mass is 10.1. The molecule has 1 saturated heterocycles. The highest BCUT2D eigenvalue weighted by Crippen LogP contribution is 2.26. The van der Waals surface area contributed by atoms with Crippen LogP contribution >= 0.6 is 15.9 Å². The van der Waals surface area contributed by atoms with Crippen LogP contribution in [0.1, 0.15) is 30.4 Å². The van der Waals surface area contributed by atoms with Gasteiger partial charge in [0.1, 0.15) is 12.4 Å². The molecular formula is C23H26BrNO3. The van der Waals surface area contributed by atoms with Crippen LogP contribution in [0.15, 0.2) is 46.9 Å². The summed E-state index contributed by atoms with van der Waals surface area (Å²) < 4.78 is 17.9. The first-order chi connectivity index (χ1) is 13.6. The summed E-state index contributed by atoms with van der Waals surface area (Å²) in [5.74, 6) is 7.18. The first-order valence-corrected chi connectivity index (χ1v) is 10.4. The van der Waals surface area contributed by atoms with E-state index in [1.807, 2.05) is 44.4 Å². The summed E-state index contributed by atoms with van der Waals surface area (Å²) in [6.45, 7) is 1.79. The van der Waals surface area contributed by atoms with Gasteiger partial charge in [-0.3, -0.25) is 0 Å². The van der Waals surface area contributed by atoms with Gasteiger partial charge in [-0.1, -0.05) is 11.8 Å². The van der Waals surface area contributed by atoms with Gasteiger partial charge < -0.3 is 19.1 Å². The Morgan fingerprint density at radius 1 is 1.04 bits per heavy atom. The first-order valence-electron chi connectivity index (χ1n) is 9.57. The number of ether oxygens (including phenoxy) is 3. The van der Waals surface area contributed by atoms with Gasteiger partial charge in [-0.15, -0.1) is 0 Å². The standard InChI is InChI=1S/C23H26BrNO3/c1-25(2)20-11-8-18(9-12-20)6-7-19-10-13-22(21(24)17-19)26-15-16-28-23-5-3-4-14-27-23/h8-13,17,23H,3-5,14-16H2,1-2H3. The molecule has 1 atom stereocenters. The Balaban J connectivity index is 1.51. The molecule has 0 radical (unpaired) electrons. The van der Waals surface area contributed by atoms with Gasteiger partial charge in [-0.2, -0.15) is 0 Å². The molecule has 4 nitrogen and oxygen atoms in total. The first kappa shape index (κ1) is 20.7. The number of anilines is 1. The predicted octanol–water partition coefficient (Wildman–Crippen LogP) is 4.84. The number of hydrogen-bond donors (Lipinski definition) is 0. The molecule has 148 valence electrons.